The Morgan fingerprint density at radius 3 is 2.65 bits per heavy atom. The standard InChI is InChI=1S/C12H17ClN2O2/c1-7(2)11(6-16)15-12(17)9-4-3-8(13)5-10(9)14/h3-5,7,11,16H,6,14H2,1-2H3,(H,15,17)/t11-/m1/s1. The zero-order valence-corrected chi connectivity index (χ0v) is 10.7. The summed E-state index contributed by atoms with van der Waals surface area (Å²) in [6.07, 6.45) is 0. The maximum absolute atomic E-state index is 11.9. The second-order valence-corrected chi connectivity index (χ2v) is 4.67. The molecule has 1 rings (SSSR count). The van der Waals surface area contributed by atoms with Gasteiger partial charge in [-0.25, -0.2) is 0 Å². The number of nitrogens with two attached hydrogens (primary N) is 1. The van der Waals surface area contributed by atoms with Gasteiger partial charge in [-0.05, 0) is 24.1 Å². The summed E-state index contributed by atoms with van der Waals surface area (Å²) in [5, 5.41) is 12.4. The van der Waals surface area contributed by atoms with E-state index in [0.29, 0.717) is 16.3 Å². The summed E-state index contributed by atoms with van der Waals surface area (Å²) in [7, 11) is 0. The fourth-order valence-electron chi connectivity index (χ4n) is 1.41. The third-order valence-electron chi connectivity index (χ3n) is 2.58. The zero-order valence-electron chi connectivity index (χ0n) is 9.90. The SMILES string of the molecule is CC(C)[C@@H](CO)NC(=O)c1ccc(Cl)cc1N. The molecular weight excluding hydrogens is 240 g/mol. The Labute approximate surface area is 106 Å². The van der Waals surface area contributed by atoms with E-state index in [9.17, 15) is 4.79 Å². The predicted octanol–water partition coefficient (Wildman–Crippen LogP) is 1.67. The van der Waals surface area contributed by atoms with Gasteiger partial charge in [-0.15, -0.1) is 0 Å². The molecule has 4 nitrogen and oxygen atoms in total. The predicted molar refractivity (Wildman–Crippen MR) is 69.0 cm³/mol. The number of anilines is 1. The first-order valence-electron chi connectivity index (χ1n) is 5.42. The van der Waals surface area contributed by atoms with E-state index >= 15 is 0 Å². The molecule has 0 aliphatic heterocycles. The molecule has 17 heavy (non-hydrogen) atoms. The third kappa shape index (κ3) is 3.61. The smallest absolute Gasteiger partial charge is 0.253 e. The van der Waals surface area contributed by atoms with Gasteiger partial charge < -0.3 is 16.2 Å². The Morgan fingerprint density at radius 2 is 2.18 bits per heavy atom. The van der Waals surface area contributed by atoms with E-state index in [1.807, 2.05) is 13.8 Å². The monoisotopic (exact) mass is 256 g/mol. The lowest BCUT2D eigenvalue weighted by molar-refractivity contribution is 0.0898. The second kappa shape index (κ2) is 5.89. The summed E-state index contributed by atoms with van der Waals surface area (Å²) in [4.78, 5) is 11.9. The number of halogens is 1. The summed E-state index contributed by atoms with van der Waals surface area (Å²) in [6, 6.07) is 4.43. The van der Waals surface area contributed by atoms with Gasteiger partial charge in [0.25, 0.3) is 5.91 Å². The second-order valence-electron chi connectivity index (χ2n) is 4.24. The van der Waals surface area contributed by atoms with Crippen molar-refractivity contribution in [2.24, 2.45) is 5.92 Å². The third-order valence-corrected chi connectivity index (χ3v) is 2.81. The van der Waals surface area contributed by atoms with Crippen LogP contribution in [0.25, 0.3) is 0 Å². The van der Waals surface area contributed by atoms with Crippen LogP contribution in [0.15, 0.2) is 18.2 Å². The highest BCUT2D eigenvalue weighted by Crippen LogP contribution is 2.18. The molecule has 94 valence electrons. The maximum atomic E-state index is 11.9. The van der Waals surface area contributed by atoms with E-state index in [2.05, 4.69) is 5.32 Å². The van der Waals surface area contributed by atoms with E-state index in [4.69, 9.17) is 22.4 Å². The molecule has 0 heterocycles. The van der Waals surface area contributed by atoms with Crippen molar-refractivity contribution in [1.82, 2.24) is 5.32 Å². The number of carbonyl (C=O) groups is 1. The molecule has 0 aliphatic rings. The molecule has 0 saturated heterocycles. The highest BCUT2D eigenvalue weighted by Gasteiger charge is 2.17. The minimum Gasteiger partial charge on any atom is -0.398 e. The van der Waals surface area contributed by atoms with Crippen molar-refractivity contribution in [3.05, 3.63) is 28.8 Å². The largest absolute Gasteiger partial charge is 0.398 e. The summed E-state index contributed by atoms with van der Waals surface area (Å²) in [6.45, 7) is 3.75. The highest BCUT2D eigenvalue weighted by molar-refractivity contribution is 6.31. The Hall–Kier alpha value is -1.26. The number of benzene rings is 1. The van der Waals surface area contributed by atoms with Gasteiger partial charge in [0.2, 0.25) is 0 Å². The number of hydrogen-bond acceptors (Lipinski definition) is 3. The van der Waals surface area contributed by atoms with Crippen LogP contribution < -0.4 is 11.1 Å². The molecule has 1 amide bonds. The van der Waals surface area contributed by atoms with Crippen LogP contribution in [-0.2, 0) is 0 Å². The minimum absolute atomic E-state index is 0.100. The van der Waals surface area contributed by atoms with Crippen LogP contribution in [0, 0.1) is 5.92 Å². The molecule has 0 aliphatic carbocycles. The van der Waals surface area contributed by atoms with Gasteiger partial charge in [-0.1, -0.05) is 25.4 Å². The number of aliphatic hydroxyl groups excluding tert-OH is 1. The summed E-state index contributed by atoms with van der Waals surface area (Å²) in [5.74, 6) is -0.149. The van der Waals surface area contributed by atoms with Crippen molar-refractivity contribution in [3.63, 3.8) is 0 Å². The quantitative estimate of drug-likeness (QED) is 0.718. The van der Waals surface area contributed by atoms with E-state index in [1.165, 1.54) is 6.07 Å². The van der Waals surface area contributed by atoms with Gasteiger partial charge in [0, 0.05) is 10.7 Å². The van der Waals surface area contributed by atoms with Gasteiger partial charge in [-0.2, -0.15) is 0 Å². The van der Waals surface area contributed by atoms with Gasteiger partial charge in [-0.3, -0.25) is 4.79 Å². The van der Waals surface area contributed by atoms with Crippen molar-refractivity contribution in [2.45, 2.75) is 19.9 Å². The van der Waals surface area contributed by atoms with Crippen molar-refractivity contribution in [2.75, 3.05) is 12.3 Å². The molecule has 0 saturated carbocycles. The number of hydrogen-bond donors (Lipinski definition) is 3. The fraction of sp³-hybridized carbons (Fsp3) is 0.417. The Balaban J connectivity index is 2.82. The number of nitrogen functional groups attached to an aromatic ring is 1. The van der Waals surface area contributed by atoms with Crippen molar-refractivity contribution < 1.29 is 9.90 Å². The summed E-state index contributed by atoms with van der Waals surface area (Å²) >= 11 is 5.75. The van der Waals surface area contributed by atoms with Gasteiger partial charge >= 0.3 is 0 Å². The molecule has 0 bridgehead atoms. The summed E-state index contributed by atoms with van der Waals surface area (Å²) < 4.78 is 0. The van der Waals surface area contributed by atoms with Crippen molar-refractivity contribution >= 4 is 23.2 Å². The first-order chi connectivity index (χ1) is 7.95. The highest BCUT2D eigenvalue weighted by atomic mass is 35.5. The molecule has 1 aromatic rings. The average molecular weight is 257 g/mol. The summed E-state index contributed by atoms with van der Waals surface area (Å²) in [5.41, 5.74) is 6.41. The normalized spacial score (nSPS) is 12.5. The number of nitrogens with one attached hydrogen (secondary N) is 1. The average Bonchev–Trinajstić information content (AvgIpc) is 2.24. The first kappa shape index (κ1) is 13.8. The molecular formula is C12H17ClN2O2. The van der Waals surface area contributed by atoms with Crippen molar-refractivity contribution in [1.29, 1.82) is 0 Å². The molecule has 0 radical (unpaired) electrons. The molecule has 4 N–H and O–H groups in total. The van der Waals surface area contributed by atoms with E-state index in [-0.39, 0.29) is 24.5 Å². The zero-order chi connectivity index (χ0) is 13.0. The molecule has 0 fully saturated rings. The van der Waals surface area contributed by atoms with Gasteiger partial charge in [0.1, 0.15) is 0 Å². The number of amides is 1. The molecule has 1 aromatic carbocycles. The Kier molecular flexibility index (Phi) is 4.78. The van der Waals surface area contributed by atoms with Gasteiger partial charge in [0.15, 0.2) is 0 Å². The fourth-order valence-corrected chi connectivity index (χ4v) is 1.59. The molecule has 1 atom stereocenters. The molecule has 0 unspecified atom stereocenters. The van der Waals surface area contributed by atoms with Crippen LogP contribution in [0.2, 0.25) is 5.02 Å². The first-order valence-corrected chi connectivity index (χ1v) is 5.80. The lowest BCUT2D eigenvalue weighted by atomic mass is 10.0. The van der Waals surface area contributed by atoms with Crippen LogP contribution in [0.5, 0.6) is 0 Å². The maximum Gasteiger partial charge on any atom is 0.253 e. The lowest BCUT2D eigenvalue weighted by Crippen LogP contribution is -2.41. The molecule has 0 aromatic heterocycles. The molecule has 5 heteroatoms. The number of rotatable bonds is 4. The minimum atomic E-state index is -0.299. The van der Waals surface area contributed by atoms with Crippen LogP contribution in [0.4, 0.5) is 5.69 Å². The number of aliphatic hydroxyl groups is 1. The van der Waals surface area contributed by atoms with Crippen LogP contribution in [0.3, 0.4) is 0 Å². The molecule has 0 spiro atoms. The lowest BCUT2D eigenvalue weighted by Gasteiger charge is -2.20. The van der Waals surface area contributed by atoms with E-state index < -0.39 is 0 Å². The Bertz CT molecular complexity index is 407. The van der Waals surface area contributed by atoms with Crippen LogP contribution >= 0.6 is 11.6 Å². The van der Waals surface area contributed by atoms with Crippen LogP contribution in [-0.4, -0.2) is 23.7 Å². The van der Waals surface area contributed by atoms with Gasteiger partial charge in [0.05, 0.1) is 18.2 Å². The Morgan fingerprint density at radius 1 is 1.53 bits per heavy atom. The number of carbonyl (C=O) groups excluding carboxylic acids is 1. The topological polar surface area (TPSA) is 75.3 Å². The van der Waals surface area contributed by atoms with E-state index in [1.54, 1.807) is 12.1 Å². The van der Waals surface area contributed by atoms with Crippen molar-refractivity contribution in [3.8, 4) is 0 Å². The van der Waals surface area contributed by atoms with E-state index in [0.717, 1.165) is 0 Å². The van der Waals surface area contributed by atoms with Crippen LogP contribution in [0.1, 0.15) is 24.2 Å².